The normalized spacial score (nSPS) is 12.8. The summed E-state index contributed by atoms with van der Waals surface area (Å²) in [4.78, 5) is 35.7. The Kier molecular flexibility index (Phi) is 6.19. The van der Waals surface area contributed by atoms with Crippen LogP contribution in [0.5, 0.6) is 0 Å². The summed E-state index contributed by atoms with van der Waals surface area (Å²) in [6, 6.07) is 0. The monoisotopic (exact) mass is 315 g/mol. The van der Waals surface area contributed by atoms with E-state index in [0.717, 1.165) is 0 Å². The van der Waals surface area contributed by atoms with Crippen molar-refractivity contribution in [3.63, 3.8) is 0 Å². The van der Waals surface area contributed by atoms with Gasteiger partial charge in [-0.3, -0.25) is 14.4 Å². The number of carbonyl (C=O) groups excluding carboxylic acids is 3. The van der Waals surface area contributed by atoms with E-state index in [1.54, 1.807) is 62.3 Å². The largest absolute Gasteiger partial charge is 0.553 e. The van der Waals surface area contributed by atoms with Crippen LogP contribution in [0.4, 0.5) is 0 Å². The molecule has 0 bridgehead atoms. The summed E-state index contributed by atoms with van der Waals surface area (Å²) in [6.07, 6.45) is 0. The molecule has 0 spiro atoms. The second-order valence-electron chi connectivity index (χ2n) is 8.17. The molecule has 0 aromatic carbocycles. The maximum Gasteiger partial charge on any atom is 0.553 e. The van der Waals surface area contributed by atoms with Gasteiger partial charge in [-0.2, -0.15) is 0 Å². The summed E-state index contributed by atoms with van der Waals surface area (Å²) in [6.45, 7) is 13.9. The van der Waals surface area contributed by atoms with Crippen LogP contribution >= 0.6 is 0 Å². The Morgan fingerprint density at radius 2 is 0.682 bits per heavy atom. The Bertz CT molecular complexity index is 364. The molecule has 0 N–H and O–H groups in total. The van der Waals surface area contributed by atoms with Gasteiger partial charge in [0.05, 0.1) is 16.2 Å². The zero-order valence-corrected chi connectivity index (χ0v) is 14.9. The molecule has 0 aliphatic heterocycles. The fourth-order valence-corrected chi connectivity index (χ4v) is 0.749. The van der Waals surface area contributed by atoms with Crippen molar-refractivity contribution in [2.75, 3.05) is 0 Å². The minimum atomic E-state index is -0.840. The number of esters is 3. The summed E-state index contributed by atoms with van der Waals surface area (Å²) < 4.78 is 14.8. The Labute approximate surface area is 132 Å². The first-order valence-corrected chi connectivity index (χ1v) is 7.09. The maximum atomic E-state index is 11.9. The van der Waals surface area contributed by atoms with E-state index in [4.69, 9.17) is 14.2 Å². The lowest BCUT2D eigenvalue weighted by Gasteiger charge is -2.25. The fourth-order valence-electron chi connectivity index (χ4n) is 0.749. The van der Waals surface area contributed by atoms with Crippen molar-refractivity contribution in [2.24, 2.45) is 16.2 Å². The van der Waals surface area contributed by atoms with Crippen LogP contribution in [0.15, 0.2) is 0 Å². The van der Waals surface area contributed by atoms with Gasteiger partial charge in [0.25, 0.3) is 0 Å². The van der Waals surface area contributed by atoms with Crippen LogP contribution in [0.3, 0.4) is 0 Å². The van der Waals surface area contributed by atoms with Crippen molar-refractivity contribution in [1.82, 2.24) is 0 Å². The van der Waals surface area contributed by atoms with Crippen molar-refractivity contribution in [2.45, 2.75) is 62.3 Å². The van der Waals surface area contributed by atoms with Gasteiger partial charge in [-0.05, 0) is 62.3 Å². The molecule has 0 aromatic heterocycles. The lowest BCUT2D eigenvalue weighted by Crippen LogP contribution is -2.34. The van der Waals surface area contributed by atoms with Gasteiger partial charge in [-0.15, -0.1) is 0 Å². The molecule has 0 heterocycles. The number of carbonyl (C=O) groups is 3. The Hall–Kier alpha value is -1.59. The average Bonchev–Trinajstić information content (AvgIpc) is 2.24. The summed E-state index contributed by atoms with van der Waals surface area (Å²) in [7, 11) is 0. The van der Waals surface area contributed by atoms with Gasteiger partial charge < -0.3 is 14.2 Å². The molecule has 0 aliphatic rings. The number of hydrogen-bond acceptors (Lipinski definition) is 6. The first-order chi connectivity index (χ1) is 9.55. The van der Waals surface area contributed by atoms with E-state index >= 15 is 0 Å². The molecule has 22 heavy (non-hydrogen) atoms. The summed E-state index contributed by atoms with van der Waals surface area (Å²) >= 11 is 0. The number of rotatable bonds is 3. The third-order valence-electron chi connectivity index (χ3n) is 2.37. The van der Waals surface area contributed by atoms with Crippen LogP contribution in [0.1, 0.15) is 62.3 Å². The second-order valence-corrected chi connectivity index (χ2v) is 8.17. The molecule has 0 saturated carbocycles. The van der Waals surface area contributed by atoms with Gasteiger partial charge in [0.1, 0.15) is 0 Å². The highest BCUT2D eigenvalue weighted by molar-refractivity contribution is 5.80. The zero-order chi connectivity index (χ0) is 17.9. The third kappa shape index (κ3) is 6.91. The van der Waals surface area contributed by atoms with Gasteiger partial charge in [0.2, 0.25) is 0 Å². The van der Waals surface area contributed by atoms with E-state index in [1.807, 2.05) is 0 Å². The van der Waals surface area contributed by atoms with Crippen molar-refractivity contribution in [3.8, 4) is 0 Å². The summed E-state index contributed by atoms with van der Waals surface area (Å²) in [5.41, 5.74) is -2.52. The number of hydrogen-bond donors (Lipinski definition) is 0. The molecule has 0 atom stereocenters. The van der Waals surface area contributed by atoms with Gasteiger partial charge in [0.15, 0.2) is 0 Å². The smallest absolute Gasteiger partial charge is 0.378 e. The molecule has 6 heteroatoms. The van der Waals surface area contributed by atoms with Crippen LogP contribution < -0.4 is 0 Å². The van der Waals surface area contributed by atoms with Crippen LogP contribution in [0.25, 0.3) is 0 Å². The Balaban J connectivity index is 5.12. The average molecular weight is 315 g/mol. The van der Waals surface area contributed by atoms with Crippen LogP contribution in [0, 0.1) is 22.7 Å². The summed E-state index contributed by atoms with van der Waals surface area (Å²) in [5, 5.41) is 0. The highest BCUT2D eigenvalue weighted by atomic mass is 16.9. The minimum absolute atomic E-state index is 0.675. The molecule has 1 radical (unpaired) electrons. The van der Waals surface area contributed by atoms with Crippen LogP contribution in [0.2, 0.25) is 0 Å². The SMILES string of the molecule is CC(C)(C)C(=O)O[C](OC(=O)C(C)(C)C)OC(=O)C(C)(C)C. The Morgan fingerprint density at radius 3 is 0.818 bits per heavy atom. The molecule has 0 unspecified atom stereocenters. The predicted octanol–water partition coefficient (Wildman–Crippen LogP) is 3.20. The van der Waals surface area contributed by atoms with Crippen molar-refractivity contribution < 1.29 is 28.6 Å². The van der Waals surface area contributed by atoms with Crippen molar-refractivity contribution in [1.29, 1.82) is 0 Å². The fraction of sp³-hybridized carbons (Fsp3) is 0.750. The standard InChI is InChI=1S/C16H27O6/c1-14(2,3)10(17)20-13(21-11(18)15(4,5)6)22-12(19)16(7,8)9/h1-9H3. The van der Waals surface area contributed by atoms with E-state index in [0.29, 0.717) is 0 Å². The molecule has 0 saturated heterocycles. The summed E-state index contributed by atoms with van der Waals surface area (Å²) in [5.74, 6) is -2.03. The van der Waals surface area contributed by atoms with Crippen molar-refractivity contribution >= 4 is 17.9 Å². The highest BCUT2D eigenvalue weighted by Gasteiger charge is 2.38. The number of ether oxygens (including phenoxy) is 3. The molecular weight excluding hydrogens is 288 g/mol. The Morgan fingerprint density at radius 1 is 0.500 bits per heavy atom. The van der Waals surface area contributed by atoms with E-state index in [-0.39, 0.29) is 0 Å². The van der Waals surface area contributed by atoms with Crippen molar-refractivity contribution in [3.05, 3.63) is 6.48 Å². The second kappa shape index (κ2) is 6.67. The molecule has 127 valence electrons. The van der Waals surface area contributed by atoms with E-state index in [9.17, 15) is 14.4 Å². The van der Waals surface area contributed by atoms with Gasteiger partial charge in [0, 0.05) is 0 Å². The lowest BCUT2D eigenvalue weighted by atomic mass is 9.97. The van der Waals surface area contributed by atoms with Gasteiger partial charge >= 0.3 is 24.4 Å². The molecule has 0 amide bonds. The highest BCUT2D eigenvalue weighted by Crippen LogP contribution is 2.26. The van der Waals surface area contributed by atoms with Crippen LogP contribution in [-0.2, 0) is 28.6 Å². The first-order valence-electron chi connectivity index (χ1n) is 7.09. The van der Waals surface area contributed by atoms with Crippen LogP contribution in [-0.4, -0.2) is 17.9 Å². The molecule has 0 fully saturated rings. The first kappa shape index (κ1) is 20.4. The minimum Gasteiger partial charge on any atom is -0.378 e. The van der Waals surface area contributed by atoms with E-state index in [1.165, 1.54) is 0 Å². The van der Waals surface area contributed by atoms with E-state index in [2.05, 4.69) is 0 Å². The lowest BCUT2D eigenvalue weighted by molar-refractivity contribution is -0.216. The van der Waals surface area contributed by atoms with Gasteiger partial charge in [-0.25, -0.2) is 0 Å². The molecule has 6 nitrogen and oxygen atoms in total. The quantitative estimate of drug-likeness (QED) is 0.744. The zero-order valence-electron chi connectivity index (χ0n) is 14.9. The molecule has 0 aromatic rings. The predicted molar refractivity (Wildman–Crippen MR) is 79.9 cm³/mol. The topological polar surface area (TPSA) is 78.9 Å². The maximum absolute atomic E-state index is 11.9. The third-order valence-corrected chi connectivity index (χ3v) is 2.37. The molecule has 0 rings (SSSR count). The molecular formula is C16H27O6. The van der Waals surface area contributed by atoms with E-state index < -0.39 is 40.6 Å². The molecule has 0 aliphatic carbocycles. The van der Waals surface area contributed by atoms with Gasteiger partial charge in [-0.1, -0.05) is 0 Å².